The van der Waals surface area contributed by atoms with Crippen LogP contribution in [0.3, 0.4) is 0 Å². The van der Waals surface area contributed by atoms with Crippen molar-refractivity contribution in [2.24, 2.45) is 11.8 Å². The third-order valence-corrected chi connectivity index (χ3v) is 6.11. The number of benzene rings is 1. The van der Waals surface area contributed by atoms with Crippen molar-refractivity contribution in [3.05, 3.63) is 29.8 Å². The van der Waals surface area contributed by atoms with Crippen molar-refractivity contribution in [3.63, 3.8) is 0 Å². The number of rotatable bonds is 9. The highest BCUT2D eigenvalue weighted by Gasteiger charge is 2.44. The van der Waals surface area contributed by atoms with Crippen LogP contribution >= 0.6 is 0 Å². The van der Waals surface area contributed by atoms with Crippen molar-refractivity contribution in [1.29, 1.82) is 5.26 Å². The predicted molar refractivity (Wildman–Crippen MR) is 115 cm³/mol. The fourth-order valence-electron chi connectivity index (χ4n) is 5.03. The summed E-state index contributed by atoms with van der Waals surface area (Å²) in [7, 11) is 2.06. The number of piperidine rings is 1. The van der Waals surface area contributed by atoms with Gasteiger partial charge in [-0.05, 0) is 69.8 Å². The number of hydrogen-bond acceptors (Lipinski definition) is 6. The van der Waals surface area contributed by atoms with Gasteiger partial charge in [0.2, 0.25) is 5.91 Å². The van der Waals surface area contributed by atoms with E-state index < -0.39 is 6.10 Å². The zero-order valence-corrected chi connectivity index (χ0v) is 18.3. The summed E-state index contributed by atoms with van der Waals surface area (Å²) < 4.78 is 5.67. The molecule has 2 bridgehead atoms. The third kappa shape index (κ3) is 5.94. The molecule has 1 aliphatic heterocycles. The van der Waals surface area contributed by atoms with Gasteiger partial charge in [0.1, 0.15) is 18.5 Å². The smallest absolute Gasteiger partial charge is 0.234 e. The van der Waals surface area contributed by atoms with Gasteiger partial charge in [0.05, 0.1) is 18.2 Å². The lowest BCUT2D eigenvalue weighted by molar-refractivity contribution is -0.123. The Hall–Kier alpha value is -2.14. The second kappa shape index (κ2) is 10.3. The fourth-order valence-corrected chi connectivity index (χ4v) is 5.03. The van der Waals surface area contributed by atoms with E-state index in [9.17, 15) is 9.90 Å². The van der Waals surface area contributed by atoms with Crippen molar-refractivity contribution >= 4 is 5.91 Å². The topological polar surface area (TPSA) is 88.8 Å². The third-order valence-electron chi connectivity index (χ3n) is 6.11. The molecule has 3 atom stereocenters. The molecule has 1 saturated carbocycles. The van der Waals surface area contributed by atoms with Crippen LogP contribution in [0.1, 0.15) is 32.3 Å². The van der Waals surface area contributed by atoms with E-state index in [0.717, 1.165) is 13.1 Å². The number of β-amino-alcohol motifs (C(OH)–C–C–N with tert-alkyl or cyclic N) is 1. The monoisotopic (exact) mass is 414 g/mol. The van der Waals surface area contributed by atoms with Crippen LogP contribution in [0.4, 0.5) is 0 Å². The molecule has 1 saturated heterocycles. The highest BCUT2D eigenvalue weighted by atomic mass is 16.5. The van der Waals surface area contributed by atoms with E-state index in [1.54, 1.807) is 24.3 Å². The van der Waals surface area contributed by atoms with Gasteiger partial charge in [0.15, 0.2) is 0 Å². The van der Waals surface area contributed by atoms with Crippen LogP contribution in [0, 0.1) is 23.2 Å². The van der Waals surface area contributed by atoms with Gasteiger partial charge in [-0.25, -0.2) is 0 Å². The van der Waals surface area contributed by atoms with E-state index in [4.69, 9.17) is 10.00 Å². The van der Waals surface area contributed by atoms with Crippen molar-refractivity contribution in [1.82, 2.24) is 15.1 Å². The highest BCUT2D eigenvalue weighted by molar-refractivity contribution is 5.78. The van der Waals surface area contributed by atoms with Crippen LogP contribution in [0.2, 0.25) is 0 Å². The first-order valence-electron chi connectivity index (χ1n) is 10.9. The number of fused-ring (bicyclic) bond motifs is 2. The lowest BCUT2D eigenvalue weighted by Crippen LogP contribution is -2.54. The summed E-state index contributed by atoms with van der Waals surface area (Å²) in [5, 5.41) is 22.3. The van der Waals surface area contributed by atoms with Gasteiger partial charge in [-0.1, -0.05) is 0 Å². The molecule has 30 heavy (non-hydrogen) atoms. The highest BCUT2D eigenvalue weighted by Crippen LogP contribution is 2.39. The molecule has 2 aliphatic rings. The maximum absolute atomic E-state index is 12.1. The first-order valence-corrected chi connectivity index (χ1v) is 10.9. The Morgan fingerprint density at radius 1 is 1.30 bits per heavy atom. The molecule has 1 aliphatic carbocycles. The first kappa shape index (κ1) is 22.5. The summed E-state index contributed by atoms with van der Waals surface area (Å²) >= 11 is 0. The molecular weight excluding hydrogens is 380 g/mol. The lowest BCUT2D eigenvalue weighted by atomic mass is 9.90. The summed E-state index contributed by atoms with van der Waals surface area (Å²) in [6.45, 7) is 7.13. The molecule has 0 spiro atoms. The van der Waals surface area contributed by atoms with Crippen molar-refractivity contribution in [2.75, 3.05) is 39.8 Å². The van der Waals surface area contributed by atoms with E-state index in [-0.39, 0.29) is 18.6 Å². The number of nitrogens with zero attached hydrogens (tertiary/aromatic N) is 3. The SMILES string of the molecule is CC(C)NC(=O)CN(C)C1C2CCC1CN(CC(O)COc1ccc(C#N)cc1)C2. The Kier molecular flexibility index (Phi) is 7.70. The fraction of sp³-hybridized carbons (Fsp3) is 0.652. The van der Waals surface area contributed by atoms with Crippen LogP contribution in [-0.2, 0) is 4.79 Å². The number of nitrogens with one attached hydrogen (secondary N) is 1. The largest absolute Gasteiger partial charge is 0.491 e. The quantitative estimate of drug-likeness (QED) is 0.636. The number of nitriles is 1. The van der Waals surface area contributed by atoms with E-state index >= 15 is 0 Å². The van der Waals surface area contributed by atoms with Gasteiger partial charge >= 0.3 is 0 Å². The minimum absolute atomic E-state index is 0.0877. The number of aliphatic hydroxyl groups excluding tert-OH is 1. The molecule has 1 aromatic carbocycles. The normalized spacial score (nSPS) is 24.6. The first-order chi connectivity index (χ1) is 14.4. The number of carbonyl (C=O) groups is 1. The minimum atomic E-state index is -0.564. The second-order valence-corrected chi connectivity index (χ2v) is 9.04. The van der Waals surface area contributed by atoms with Gasteiger partial charge in [0.25, 0.3) is 0 Å². The van der Waals surface area contributed by atoms with Crippen molar-refractivity contribution < 1.29 is 14.6 Å². The number of amides is 1. The molecule has 1 aromatic rings. The van der Waals surface area contributed by atoms with E-state index in [1.165, 1.54) is 12.8 Å². The molecule has 7 nitrogen and oxygen atoms in total. The predicted octanol–water partition coefficient (Wildman–Crippen LogP) is 1.46. The lowest BCUT2D eigenvalue weighted by Gasteiger charge is -2.42. The molecule has 3 rings (SSSR count). The standard InChI is InChI=1S/C23H34N4O3/c1-16(2)25-22(29)14-26(3)23-18-6-7-19(23)12-27(11-18)13-20(28)15-30-21-8-4-17(10-24)5-9-21/h4-5,8-9,16,18-20,23,28H,6-7,11-15H2,1-3H3,(H,25,29). The van der Waals surface area contributed by atoms with Crippen molar-refractivity contribution in [2.45, 2.75) is 44.9 Å². The Morgan fingerprint density at radius 3 is 2.50 bits per heavy atom. The summed E-state index contributed by atoms with van der Waals surface area (Å²) in [6, 6.07) is 9.61. The van der Waals surface area contributed by atoms with Crippen LogP contribution in [0.25, 0.3) is 0 Å². The Bertz CT molecular complexity index is 732. The van der Waals surface area contributed by atoms with Crippen LogP contribution in [0.15, 0.2) is 24.3 Å². The number of likely N-dealkylation sites (tertiary alicyclic amines) is 1. The molecular formula is C23H34N4O3. The maximum atomic E-state index is 12.1. The Balaban J connectivity index is 1.45. The van der Waals surface area contributed by atoms with Gasteiger partial charge in [0, 0.05) is 31.7 Å². The Labute approximate surface area is 179 Å². The number of aliphatic hydroxyl groups is 1. The summed E-state index contributed by atoms with van der Waals surface area (Å²) in [6.07, 6.45) is 1.80. The molecule has 3 unspecified atom stereocenters. The van der Waals surface area contributed by atoms with Crippen molar-refractivity contribution in [3.8, 4) is 11.8 Å². The van der Waals surface area contributed by atoms with Crippen LogP contribution < -0.4 is 10.1 Å². The summed E-state index contributed by atoms with van der Waals surface area (Å²) in [4.78, 5) is 16.7. The molecule has 1 amide bonds. The molecule has 2 N–H and O–H groups in total. The molecule has 2 fully saturated rings. The number of ether oxygens (including phenoxy) is 1. The second-order valence-electron chi connectivity index (χ2n) is 9.04. The maximum Gasteiger partial charge on any atom is 0.234 e. The van der Waals surface area contributed by atoms with E-state index in [2.05, 4.69) is 28.2 Å². The average Bonchev–Trinajstić information content (AvgIpc) is 2.97. The Morgan fingerprint density at radius 2 is 1.93 bits per heavy atom. The summed E-state index contributed by atoms with van der Waals surface area (Å²) in [5.74, 6) is 1.82. The average molecular weight is 415 g/mol. The molecule has 7 heteroatoms. The van der Waals surface area contributed by atoms with E-state index in [1.807, 2.05) is 13.8 Å². The van der Waals surface area contributed by atoms with Crippen LogP contribution in [-0.4, -0.2) is 78.8 Å². The zero-order valence-electron chi connectivity index (χ0n) is 18.3. The van der Waals surface area contributed by atoms with E-state index in [0.29, 0.717) is 42.3 Å². The zero-order chi connectivity index (χ0) is 21.7. The number of likely N-dealkylation sites (N-methyl/N-ethyl adjacent to an activating group) is 1. The molecule has 1 heterocycles. The molecule has 0 aromatic heterocycles. The van der Waals surface area contributed by atoms with Gasteiger partial charge in [-0.15, -0.1) is 0 Å². The van der Waals surface area contributed by atoms with Gasteiger partial charge in [-0.2, -0.15) is 5.26 Å². The number of carbonyl (C=O) groups excluding carboxylic acids is 1. The summed E-state index contributed by atoms with van der Waals surface area (Å²) in [5.41, 5.74) is 0.591. The number of hydrogen-bond donors (Lipinski definition) is 2. The van der Waals surface area contributed by atoms with Gasteiger partial charge in [-0.3, -0.25) is 14.6 Å². The molecule has 0 radical (unpaired) electrons. The van der Waals surface area contributed by atoms with Gasteiger partial charge < -0.3 is 15.2 Å². The molecule has 164 valence electrons. The minimum Gasteiger partial charge on any atom is -0.491 e. The van der Waals surface area contributed by atoms with Crippen LogP contribution in [0.5, 0.6) is 5.75 Å².